The SMILES string of the molecule is ClCc1c(OCCc2cccs2)ccc2ccccc12. The Balaban J connectivity index is 1.80. The Morgan fingerprint density at radius 2 is 1.90 bits per heavy atom. The Morgan fingerprint density at radius 3 is 2.70 bits per heavy atom. The molecule has 0 aliphatic heterocycles. The Labute approximate surface area is 127 Å². The standard InChI is InChI=1S/C17H15ClOS/c18-12-16-15-6-2-1-4-13(15)7-8-17(16)19-10-9-14-5-3-11-20-14/h1-8,11H,9-10,12H2. The molecule has 0 amide bonds. The van der Waals surface area contributed by atoms with Gasteiger partial charge >= 0.3 is 0 Å². The van der Waals surface area contributed by atoms with Crippen LogP contribution in [0.4, 0.5) is 0 Å². The van der Waals surface area contributed by atoms with Gasteiger partial charge in [0.05, 0.1) is 12.5 Å². The third kappa shape index (κ3) is 2.82. The molecule has 2 aromatic carbocycles. The van der Waals surface area contributed by atoms with Crippen molar-refractivity contribution in [3.8, 4) is 5.75 Å². The fraction of sp³-hybridized carbons (Fsp3) is 0.176. The molecule has 1 heterocycles. The van der Waals surface area contributed by atoms with E-state index >= 15 is 0 Å². The average molecular weight is 303 g/mol. The summed E-state index contributed by atoms with van der Waals surface area (Å²) in [6.07, 6.45) is 0.937. The molecule has 0 aliphatic rings. The normalized spacial score (nSPS) is 10.8. The number of hydrogen-bond acceptors (Lipinski definition) is 2. The zero-order valence-electron chi connectivity index (χ0n) is 11.0. The molecule has 1 nitrogen and oxygen atoms in total. The maximum atomic E-state index is 6.11. The van der Waals surface area contributed by atoms with Gasteiger partial charge in [0.2, 0.25) is 0 Å². The van der Waals surface area contributed by atoms with Crippen molar-refractivity contribution in [2.24, 2.45) is 0 Å². The Kier molecular flexibility index (Phi) is 4.24. The summed E-state index contributed by atoms with van der Waals surface area (Å²) in [5.74, 6) is 1.37. The third-order valence-electron chi connectivity index (χ3n) is 3.32. The first-order valence-corrected chi connectivity index (χ1v) is 8.01. The number of hydrogen-bond donors (Lipinski definition) is 0. The smallest absolute Gasteiger partial charge is 0.124 e. The van der Waals surface area contributed by atoms with E-state index in [-0.39, 0.29) is 0 Å². The van der Waals surface area contributed by atoms with Gasteiger partial charge < -0.3 is 4.74 Å². The van der Waals surface area contributed by atoms with Crippen LogP contribution in [0.1, 0.15) is 10.4 Å². The molecule has 0 unspecified atom stereocenters. The topological polar surface area (TPSA) is 9.23 Å². The maximum absolute atomic E-state index is 6.11. The van der Waals surface area contributed by atoms with Gasteiger partial charge in [-0.1, -0.05) is 36.4 Å². The van der Waals surface area contributed by atoms with Crippen molar-refractivity contribution in [3.05, 3.63) is 64.4 Å². The van der Waals surface area contributed by atoms with Crippen LogP contribution in [0.2, 0.25) is 0 Å². The lowest BCUT2D eigenvalue weighted by Crippen LogP contribution is -2.02. The number of benzene rings is 2. The average Bonchev–Trinajstić information content (AvgIpc) is 3.00. The molecule has 0 fully saturated rings. The lowest BCUT2D eigenvalue weighted by atomic mass is 10.0. The molecular weight excluding hydrogens is 288 g/mol. The molecule has 1 aromatic heterocycles. The van der Waals surface area contributed by atoms with E-state index in [9.17, 15) is 0 Å². The third-order valence-corrected chi connectivity index (χ3v) is 4.52. The summed E-state index contributed by atoms with van der Waals surface area (Å²) in [5.41, 5.74) is 1.08. The van der Waals surface area contributed by atoms with Gasteiger partial charge in [-0.25, -0.2) is 0 Å². The summed E-state index contributed by atoms with van der Waals surface area (Å²) in [5, 5.41) is 4.47. The molecule has 0 aliphatic carbocycles. The van der Waals surface area contributed by atoms with Crippen molar-refractivity contribution in [1.82, 2.24) is 0 Å². The second-order valence-electron chi connectivity index (χ2n) is 4.57. The molecule has 3 heteroatoms. The summed E-state index contributed by atoms with van der Waals surface area (Å²) in [4.78, 5) is 1.35. The van der Waals surface area contributed by atoms with Crippen LogP contribution in [0.5, 0.6) is 5.75 Å². The summed E-state index contributed by atoms with van der Waals surface area (Å²) in [6, 6.07) is 16.6. The zero-order valence-corrected chi connectivity index (χ0v) is 12.6. The van der Waals surface area contributed by atoms with Crippen molar-refractivity contribution in [1.29, 1.82) is 0 Å². The van der Waals surface area contributed by atoms with E-state index in [1.54, 1.807) is 11.3 Å². The van der Waals surface area contributed by atoms with E-state index in [4.69, 9.17) is 16.3 Å². The number of halogens is 1. The van der Waals surface area contributed by atoms with Crippen molar-refractivity contribution >= 4 is 33.7 Å². The summed E-state index contributed by atoms with van der Waals surface area (Å²) in [7, 11) is 0. The summed E-state index contributed by atoms with van der Waals surface area (Å²) >= 11 is 7.88. The molecule has 20 heavy (non-hydrogen) atoms. The molecule has 102 valence electrons. The van der Waals surface area contributed by atoms with Crippen molar-refractivity contribution in [2.75, 3.05) is 6.61 Å². The Hall–Kier alpha value is -1.51. The van der Waals surface area contributed by atoms with Crippen LogP contribution in [-0.4, -0.2) is 6.61 Å². The first-order valence-electron chi connectivity index (χ1n) is 6.60. The predicted molar refractivity (Wildman–Crippen MR) is 87.0 cm³/mol. The Bertz CT molecular complexity index is 691. The van der Waals surface area contributed by atoms with Gasteiger partial charge in [-0.2, -0.15) is 0 Å². The lowest BCUT2D eigenvalue weighted by Gasteiger charge is -2.12. The molecule has 3 aromatic rings. The Morgan fingerprint density at radius 1 is 1.00 bits per heavy atom. The van der Waals surface area contributed by atoms with Gasteiger partial charge in [0.15, 0.2) is 0 Å². The van der Waals surface area contributed by atoms with E-state index < -0.39 is 0 Å². The van der Waals surface area contributed by atoms with Crippen LogP contribution in [0.15, 0.2) is 53.9 Å². The fourth-order valence-electron chi connectivity index (χ4n) is 2.31. The van der Waals surface area contributed by atoms with E-state index in [1.165, 1.54) is 15.6 Å². The molecule has 3 rings (SSSR count). The van der Waals surface area contributed by atoms with Gasteiger partial charge in [0.25, 0.3) is 0 Å². The molecule has 0 saturated heterocycles. The van der Waals surface area contributed by atoms with Crippen LogP contribution >= 0.6 is 22.9 Å². The molecule has 0 saturated carbocycles. The molecule has 0 radical (unpaired) electrons. The highest BCUT2D eigenvalue weighted by molar-refractivity contribution is 7.09. The van der Waals surface area contributed by atoms with E-state index in [0.29, 0.717) is 12.5 Å². The second kappa shape index (κ2) is 6.29. The van der Waals surface area contributed by atoms with Gasteiger partial charge in [-0.3, -0.25) is 0 Å². The van der Waals surface area contributed by atoms with Crippen LogP contribution in [0.3, 0.4) is 0 Å². The molecule has 0 bridgehead atoms. The highest BCUT2D eigenvalue weighted by Crippen LogP contribution is 2.29. The fourth-order valence-corrected chi connectivity index (χ4v) is 3.27. The summed E-state index contributed by atoms with van der Waals surface area (Å²) < 4.78 is 5.93. The molecule has 0 atom stereocenters. The quantitative estimate of drug-likeness (QED) is 0.584. The zero-order chi connectivity index (χ0) is 13.8. The van der Waals surface area contributed by atoms with Crippen LogP contribution < -0.4 is 4.74 Å². The maximum Gasteiger partial charge on any atom is 0.124 e. The van der Waals surface area contributed by atoms with Gasteiger partial charge in [0, 0.05) is 16.9 Å². The largest absolute Gasteiger partial charge is 0.493 e. The number of rotatable bonds is 5. The lowest BCUT2D eigenvalue weighted by molar-refractivity contribution is 0.321. The minimum absolute atomic E-state index is 0.468. The molecule has 0 spiro atoms. The van der Waals surface area contributed by atoms with Gasteiger partial charge in [0.1, 0.15) is 5.75 Å². The summed E-state index contributed by atoms with van der Waals surface area (Å²) in [6.45, 7) is 0.683. The number of alkyl halides is 1. The first-order chi connectivity index (χ1) is 9.88. The highest BCUT2D eigenvalue weighted by atomic mass is 35.5. The number of ether oxygens (including phenoxy) is 1. The van der Waals surface area contributed by atoms with E-state index in [2.05, 4.69) is 35.7 Å². The van der Waals surface area contributed by atoms with E-state index in [0.717, 1.165) is 17.7 Å². The van der Waals surface area contributed by atoms with Crippen molar-refractivity contribution in [3.63, 3.8) is 0 Å². The minimum Gasteiger partial charge on any atom is -0.493 e. The van der Waals surface area contributed by atoms with E-state index in [1.807, 2.05) is 18.2 Å². The van der Waals surface area contributed by atoms with Crippen LogP contribution in [0, 0.1) is 0 Å². The van der Waals surface area contributed by atoms with Gasteiger partial charge in [-0.15, -0.1) is 22.9 Å². The minimum atomic E-state index is 0.468. The van der Waals surface area contributed by atoms with Crippen LogP contribution in [0.25, 0.3) is 10.8 Å². The molecular formula is C17H15ClOS. The molecule has 0 N–H and O–H groups in total. The van der Waals surface area contributed by atoms with Crippen LogP contribution in [-0.2, 0) is 12.3 Å². The number of thiophene rings is 1. The highest BCUT2D eigenvalue weighted by Gasteiger charge is 2.07. The second-order valence-corrected chi connectivity index (χ2v) is 5.87. The van der Waals surface area contributed by atoms with Gasteiger partial charge in [-0.05, 0) is 28.3 Å². The monoisotopic (exact) mass is 302 g/mol. The first kappa shape index (κ1) is 13.5. The predicted octanol–water partition coefficient (Wildman–Crippen LogP) is 5.26. The number of fused-ring (bicyclic) bond motifs is 1. The van der Waals surface area contributed by atoms with Crippen molar-refractivity contribution < 1.29 is 4.74 Å². The van der Waals surface area contributed by atoms with Crippen molar-refractivity contribution in [2.45, 2.75) is 12.3 Å².